The lowest BCUT2D eigenvalue weighted by molar-refractivity contribution is 0.0687. The molecule has 1 aliphatic rings. The molecule has 9 nitrogen and oxygen atoms in total. The van der Waals surface area contributed by atoms with Crippen LogP contribution in [-0.4, -0.2) is 58.0 Å². The van der Waals surface area contributed by atoms with Gasteiger partial charge in [0.2, 0.25) is 0 Å². The minimum atomic E-state index is -0.0267. The van der Waals surface area contributed by atoms with Crippen molar-refractivity contribution in [3.63, 3.8) is 0 Å². The predicted octanol–water partition coefficient (Wildman–Crippen LogP) is 0.813. The van der Waals surface area contributed by atoms with Crippen LogP contribution in [0.5, 0.6) is 0 Å². The van der Waals surface area contributed by atoms with Gasteiger partial charge in [-0.1, -0.05) is 0 Å². The molecule has 1 atom stereocenters. The standard InChI is InChI=1S/C17H22N8O/c1-22-10-7-18-16(22)17(26)24-8-3-5-13(11-24)15-21-20-14(23(15)2)12-25-9-4-6-19-25/h4,6-7,9-10,13H,3,5,8,11-12H2,1-2H3. The monoisotopic (exact) mass is 354 g/mol. The second-order valence-corrected chi connectivity index (χ2v) is 6.69. The summed E-state index contributed by atoms with van der Waals surface area (Å²) in [6.45, 7) is 1.97. The van der Waals surface area contributed by atoms with E-state index in [1.807, 2.05) is 40.5 Å². The Morgan fingerprint density at radius 3 is 2.85 bits per heavy atom. The maximum Gasteiger partial charge on any atom is 0.289 e. The number of likely N-dealkylation sites (tertiary alicyclic amines) is 1. The van der Waals surface area contributed by atoms with Crippen LogP contribution < -0.4 is 0 Å². The van der Waals surface area contributed by atoms with Crippen LogP contribution in [0.1, 0.15) is 41.0 Å². The molecule has 0 saturated carbocycles. The normalized spacial score (nSPS) is 17.6. The highest BCUT2D eigenvalue weighted by Gasteiger charge is 2.30. The summed E-state index contributed by atoms with van der Waals surface area (Å²) in [5.74, 6) is 2.40. The van der Waals surface area contributed by atoms with E-state index in [9.17, 15) is 4.79 Å². The van der Waals surface area contributed by atoms with Crippen molar-refractivity contribution in [1.29, 1.82) is 0 Å². The van der Waals surface area contributed by atoms with Gasteiger partial charge in [0.25, 0.3) is 5.91 Å². The van der Waals surface area contributed by atoms with Gasteiger partial charge in [-0.15, -0.1) is 10.2 Å². The summed E-state index contributed by atoms with van der Waals surface area (Å²) in [5.41, 5.74) is 0. The van der Waals surface area contributed by atoms with E-state index in [-0.39, 0.29) is 11.8 Å². The molecule has 136 valence electrons. The smallest absolute Gasteiger partial charge is 0.289 e. The van der Waals surface area contributed by atoms with Crippen LogP contribution in [0.2, 0.25) is 0 Å². The molecule has 4 rings (SSSR count). The molecule has 1 unspecified atom stereocenters. The first kappa shape index (κ1) is 16.5. The largest absolute Gasteiger partial charge is 0.335 e. The molecule has 0 N–H and O–H groups in total. The van der Waals surface area contributed by atoms with Crippen molar-refractivity contribution < 1.29 is 4.79 Å². The molecule has 0 radical (unpaired) electrons. The molecule has 1 amide bonds. The molecule has 0 bridgehead atoms. The van der Waals surface area contributed by atoms with Gasteiger partial charge in [-0.05, 0) is 18.9 Å². The highest BCUT2D eigenvalue weighted by atomic mass is 16.2. The second-order valence-electron chi connectivity index (χ2n) is 6.69. The zero-order valence-corrected chi connectivity index (χ0v) is 15.0. The number of imidazole rings is 1. The summed E-state index contributed by atoms with van der Waals surface area (Å²) in [4.78, 5) is 18.8. The maximum atomic E-state index is 12.7. The van der Waals surface area contributed by atoms with Gasteiger partial charge in [0.05, 0.1) is 0 Å². The van der Waals surface area contributed by atoms with Crippen molar-refractivity contribution in [3.05, 3.63) is 48.3 Å². The number of piperidine rings is 1. The van der Waals surface area contributed by atoms with Crippen molar-refractivity contribution >= 4 is 5.91 Å². The van der Waals surface area contributed by atoms with Gasteiger partial charge in [0.1, 0.15) is 12.4 Å². The van der Waals surface area contributed by atoms with Crippen LogP contribution in [0.3, 0.4) is 0 Å². The van der Waals surface area contributed by atoms with E-state index in [4.69, 9.17) is 0 Å². The third kappa shape index (κ3) is 3.00. The van der Waals surface area contributed by atoms with E-state index in [0.717, 1.165) is 31.0 Å². The van der Waals surface area contributed by atoms with Gasteiger partial charge in [-0.2, -0.15) is 5.10 Å². The molecule has 1 fully saturated rings. The quantitative estimate of drug-likeness (QED) is 0.692. The van der Waals surface area contributed by atoms with Crippen molar-refractivity contribution in [2.75, 3.05) is 13.1 Å². The SMILES string of the molecule is Cn1ccnc1C(=O)N1CCCC(c2nnc(Cn3cccn3)n2C)C1. The van der Waals surface area contributed by atoms with Gasteiger partial charge >= 0.3 is 0 Å². The Bertz CT molecular complexity index is 894. The zero-order chi connectivity index (χ0) is 18.1. The Morgan fingerprint density at radius 1 is 1.23 bits per heavy atom. The first-order valence-electron chi connectivity index (χ1n) is 8.75. The van der Waals surface area contributed by atoms with Crippen molar-refractivity contribution in [1.82, 2.24) is 39.0 Å². The van der Waals surface area contributed by atoms with Crippen molar-refractivity contribution in [3.8, 4) is 0 Å². The maximum absolute atomic E-state index is 12.7. The Kier molecular flexibility index (Phi) is 4.27. The number of carbonyl (C=O) groups is 1. The van der Waals surface area contributed by atoms with E-state index in [0.29, 0.717) is 18.9 Å². The summed E-state index contributed by atoms with van der Waals surface area (Å²) in [6.07, 6.45) is 9.04. The second kappa shape index (κ2) is 6.74. The van der Waals surface area contributed by atoms with E-state index in [2.05, 4.69) is 20.3 Å². The van der Waals surface area contributed by atoms with Gasteiger partial charge in [0, 0.05) is 57.9 Å². The first-order chi connectivity index (χ1) is 12.6. The number of aromatic nitrogens is 7. The highest BCUT2D eigenvalue weighted by Crippen LogP contribution is 2.26. The van der Waals surface area contributed by atoms with Crippen LogP contribution in [0.15, 0.2) is 30.9 Å². The average molecular weight is 354 g/mol. The molecule has 0 aromatic carbocycles. The van der Waals surface area contributed by atoms with Crippen LogP contribution in [0.4, 0.5) is 0 Å². The molecule has 1 saturated heterocycles. The molecular weight excluding hydrogens is 332 g/mol. The minimum absolute atomic E-state index is 0.0267. The van der Waals surface area contributed by atoms with E-state index >= 15 is 0 Å². The fourth-order valence-electron chi connectivity index (χ4n) is 3.49. The number of hydrogen-bond donors (Lipinski definition) is 0. The summed E-state index contributed by atoms with van der Waals surface area (Å²) >= 11 is 0. The average Bonchev–Trinajstić information content (AvgIpc) is 3.38. The van der Waals surface area contributed by atoms with Crippen LogP contribution in [0.25, 0.3) is 0 Å². The molecule has 1 aliphatic heterocycles. The number of nitrogens with zero attached hydrogens (tertiary/aromatic N) is 8. The minimum Gasteiger partial charge on any atom is -0.335 e. The van der Waals surface area contributed by atoms with Crippen molar-refractivity contribution in [2.24, 2.45) is 14.1 Å². The van der Waals surface area contributed by atoms with E-state index in [1.165, 1.54) is 0 Å². The molecule has 9 heteroatoms. The lowest BCUT2D eigenvalue weighted by Crippen LogP contribution is -2.40. The fraction of sp³-hybridized carbons (Fsp3) is 0.471. The topological polar surface area (TPSA) is 86.7 Å². The Hall–Kier alpha value is -2.97. The Morgan fingerprint density at radius 2 is 2.12 bits per heavy atom. The molecular formula is C17H22N8O. The number of aryl methyl sites for hydroxylation is 1. The molecule has 3 aromatic rings. The third-order valence-corrected chi connectivity index (χ3v) is 4.95. The first-order valence-corrected chi connectivity index (χ1v) is 8.75. The number of amides is 1. The predicted molar refractivity (Wildman–Crippen MR) is 93.4 cm³/mol. The summed E-state index contributed by atoms with van der Waals surface area (Å²) in [6, 6.07) is 1.89. The molecule has 26 heavy (non-hydrogen) atoms. The van der Waals surface area contributed by atoms with E-state index in [1.54, 1.807) is 23.2 Å². The van der Waals surface area contributed by atoms with Gasteiger partial charge in [-0.3, -0.25) is 9.48 Å². The third-order valence-electron chi connectivity index (χ3n) is 4.95. The molecule has 0 aliphatic carbocycles. The lowest BCUT2D eigenvalue weighted by atomic mass is 9.97. The number of rotatable bonds is 4. The molecule has 3 aromatic heterocycles. The summed E-state index contributed by atoms with van der Waals surface area (Å²) in [7, 11) is 3.82. The summed E-state index contributed by atoms with van der Waals surface area (Å²) in [5, 5.41) is 13.0. The van der Waals surface area contributed by atoms with Crippen LogP contribution in [-0.2, 0) is 20.6 Å². The van der Waals surface area contributed by atoms with Crippen molar-refractivity contribution in [2.45, 2.75) is 25.3 Å². The van der Waals surface area contributed by atoms with Gasteiger partial charge in [-0.25, -0.2) is 4.98 Å². The highest BCUT2D eigenvalue weighted by molar-refractivity contribution is 5.90. The Balaban J connectivity index is 1.50. The molecule has 4 heterocycles. The summed E-state index contributed by atoms with van der Waals surface area (Å²) < 4.78 is 5.61. The van der Waals surface area contributed by atoms with Crippen LogP contribution >= 0.6 is 0 Å². The lowest BCUT2D eigenvalue weighted by Gasteiger charge is -2.32. The Labute approximate surface area is 151 Å². The van der Waals surface area contributed by atoms with E-state index < -0.39 is 0 Å². The van der Waals surface area contributed by atoms with Gasteiger partial charge < -0.3 is 14.0 Å². The van der Waals surface area contributed by atoms with Gasteiger partial charge in [0.15, 0.2) is 11.6 Å². The molecule has 0 spiro atoms. The van der Waals surface area contributed by atoms with Crippen LogP contribution in [0, 0.1) is 0 Å². The number of carbonyl (C=O) groups excluding carboxylic acids is 1. The zero-order valence-electron chi connectivity index (χ0n) is 15.0. The fourth-order valence-corrected chi connectivity index (χ4v) is 3.49. The number of hydrogen-bond acceptors (Lipinski definition) is 5.